The Balaban J connectivity index is 2.24. The van der Waals surface area contributed by atoms with Crippen LogP contribution in [0, 0.1) is 23.3 Å². The highest BCUT2D eigenvalue weighted by Crippen LogP contribution is 2.43. The van der Waals surface area contributed by atoms with Crippen molar-refractivity contribution in [2.45, 2.75) is 0 Å². The Bertz CT molecular complexity index is 1150. The van der Waals surface area contributed by atoms with Gasteiger partial charge in [0.1, 0.15) is 0 Å². The molecule has 4 rings (SSSR count). The van der Waals surface area contributed by atoms with Crippen LogP contribution in [0.1, 0.15) is 0 Å². The molecule has 0 fully saturated rings. The van der Waals surface area contributed by atoms with E-state index in [0.717, 1.165) is 6.07 Å². The van der Waals surface area contributed by atoms with Crippen LogP contribution in [0.5, 0.6) is 5.75 Å². The summed E-state index contributed by atoms with van der Waals surface area (Å²) in [5.41, 5.74) is 0.00620. The molecule has 0 bridgehead atoms. The van der Waals surface area contributed by atoms with Gasteiger partial charge in [0.2, 0.25) is 5.82 Å². The molecule has 0 aliphatic carbocycles. The summed E-state index contributed by atoms with van der Waals surface area (Å²) in [5.74, 6) is -5.73. The molecule has 0 unspecified atom stereocenters. The summed E-state index contributed by atoms with van der Waals surface area (Å²) in [6, 6.07) is 12.9. The Morgan fingerprint density at radius 2 is 1.12 bits per heavy atom. The molecule has 0 radical (unpaired) electrons. The number of phenols is 1. The van der Waals surface area contributed by atoms with Crippen molar-refractivity contribution in [2.24, 2.45) is 0 Å². The first kappa shape index (κ1) is 15.4. The topological polar surface area (TPSA) is 20.2 Å². The highest BCUT2D eigenvalue weighted by molar-refractivity contribution is 6.08. The van der Waals surface area contributed by atoms with Gasteiger partial charge in [-0.05, 0) is 22.4 Å². The van der Waals surface area contributed by atoms with E-state index in [1.54, 1.807) is 12.1 Å². The molecule has 0 aliphatic rings. The van der Waals surface area contributed by atoms with Crippen LogP contribution < -0.4 is 0 Å². The van der Waals surface area contributed by atoms with Gasteiger partial charge in [-0.1, -0.05) is 48.5 Å². The maximum Gasteiger partial charge on any atom is 0.201 e. The van der Waals surface area contributed by atoms with E-state index < -0.39 is 29.0 Å². The number of halogens is 4. The van der Waals surface area contributed by atoms with E-state index in [9.17, 15) is 22.7 Å². The third-order valence-electron chi connectivity index (χ3n) is 4.27. The van der Waals surface area contributed by atoms with Crippen LogP contribution >= 0.6 is 0 Å². The number of rotatable bonds is 1. The molecule has 1 nitrogen and oxygen atoms in total. The van der Waals surface area contributed by atoms with Crippen LogP contribution in [-0.4, -0.2) is 5.11 Å². The van der Waals surface area contributed by atoms with Crippen molar-refractivity contribution in [3.05, 3.63) is 77.9 Å². The van der Waals surface area contributed by atoms with Crippen LogP contribution in [-0.2, 0) is 0 Å². The van der Waals surface area contributed by atoms with Gasteiger partial charge >= 0.3 is 0 Å². The van der Waals surface area contributed by atoms with Gasteiger partial charge in [0.15, 0.2) is 23.2 Å². The monoisotopic (exact) mass is 342 g/mol. The lowest BCUT2D eigenvalue weighted by Gasteiger charge is -2.14. The Labute approximate surface area is 139 Å². The Morgan fingerprint density at radius 1 is 0.600 bits per heavy atom. The molecule has 0 saturated carbocycles. The summed E-state index contributed by atoms with van der Waals surface area (Å²) in [6.45, 7) is 0. The third-order valence-corrected chi connectivity index (χ3v) is 4.27. The van der Waals surface area contributed by atoms with E-state index in [-0.39, 0.29) is 32.7 Å². The van der Waals surface area contributed by atoms with Crippen LogP contribution in [0.4, 0.5) is 17.6 Å². The van der Waals surface area contributed by atoms with E-state index in [1.165, 1.54) is 36.4 Å². The first-order valence-corrected chi connectivity index (χ1v) is 7.46. The van der Waals surface area contributed by atoms with Crippen molar-refractivity contribution in [1.82, 2.24) is 0 Å². The summed E-state index contributed by atoms with van der Waals surface area (Å²) >= 11 is 0. The number of benzene rings is 4. The third kappa shape index (κ3) is 2.16. The molecule has 0 heterocycles. The standard InChI is InChI=1S/C20H10F4O/c21-15-9-14(10-5-1-3-7-12(10)17(15)22)16-11-6-2-4-8-13(11)18(23)19(24)20(16)25/h1-9,25H. The quantitative estimate of drug-likeness (QED) is 0.426. The molecule has 5 heteroatoms. The van der Waals surface area contributed by atoms with Gasteiger partial charge in [0.25, 0.3) is 0 Å². The molecule has 0 saturated heterocycles. The maximum absolute atomic E-state index is 14.2. The Hall–Kier alpha value is -3.08. The van der Waals surface area contributed by atoms with Crippen molar-refractivity contribution < 1.29 is 22.7 Å². The van der Waals surface area contributed by atoms with Crippen molar-refractivity contribution in [3.63, 3.8) is 0 Å². The number of hydrogen-bond donors (Lipinski definition) is 1. The van der Waals surface area contributed by atoms with Gasteiger partial charge in [0, 0.05) is 16.3 Å². The highest BCUT2D eigenvalue weighted by atomic mass is 19.2. The summed E-state index contributed by atoms with van der Waals surface area (Å²) < 4.78 is 56.5. The average molecular weight is 342 g/mol. The number of hydrogen-bond acceptors (Lipinski definition) is 1. The molecule has 4 aromatic rings. The fourth-order valence-electron chi connectivity index (χ4n) is 3.14. The molecule has 0 amide bonds. The number of phenolic OH excluding ortho intramolecular Hbond substituents is 1. The van der Waals surface area contributed by atoms with Crippen molar-refractivity contribution in [3.8, 4) is 16.9 Å². The molecule has 1 N–H and O–H groups in total. The van der Waals surface area contributed by atoms with Gasteiger partial charge in [-0.3, -0.25) is 0 Å². The second-order valence-corrected chi connectivity index (χ2v) is 5.66. The SMILES string of the molecule is Oc1c(F)c(F)c2ccccc2c1-c1cc(F)c(F)c2ccccc12. The van der Waals surface area contributed by atoms with Gasteiger partial charge in [0.05, 0.1) is 0 Å². The summed E-state index contributed by atoms with van der Waals surface area (Å²) in [7, 11) is 0. The largest absolute Gasteiger partial charge is 0.504 e. The Morgan fingerprint density at radius 3 is 1.76 bits per heavy atom. The van der Waals surface area contributed by atoms with E-state index in [4.69, 9.17) is 0 Å². The lowest BCUT2D eigenvalue weighted by Crippen LogP contribution is -1.95. The first-order chi connectivity index (χ1) is 12.0. The minimum atomic E-state index is -1.43. The van der Waals surface area contributed by atoms with E-state index in [0.29, 0.717) is 0 Å². The highest BCUT2D eigenvalue weighted by Gasteiger charge is 2.23. The van der Waals surface area contributed by atoms with Crippen LogP contribution in [0.15, 0.2) is 54.6 Å². The second kappa shape index (κ2) is 5.48. The van der Waals surface area contributed by atoms with Crippen LogP contribution in [0.2, 0.25) is 0 Å². The zero-order valence-corrected chi connectivity index (χ0v) is 12.7. The number of aromatic hydroxyl groups is 1. The lowest BCUT2D eigenvalue weighted by atomic mass is 9.92. The lowest BCUT2D eigenvalue weighted by molar-refractivity contribution is 0.412. The van der Waals surface area contributed by atoms with Gasteiger partial charge in [-0.15, -0.1) is 0 Å². The summed E-state index contributed by atoms with van der Waals surface area (Å²) in [5, 5.41) is 10.6. The van der Waals surface area contributed by atoms with E-state index in [2.05, 4.69) is 0 Å². The zero-order valence-electron chi connectivity index (χ0n) is 12.7. The predicted molar refractivity (Wildman–Crippen MR) is 88.4 cm³/mol. The minimum absolute atomic E-state index is 0.00860. The van der Waals surface area contributed by atoms with Crippen LogP contribution in [0.25, 0.3) is 32.7 Å². The minimum Gasteiger partial charge on any atom is -0.504 e. The molecule has 124 valence electrons. The maximum atomic E-state index is 14.2. The summed E-state index contributed by atoms with van der Waals surface area (Å²) in [6.07, 6.45) is 0. The van der Waals surface area contributed by atoms with Gasteiger partial charge < -0.3 is 5.11 Å². The number of fused-ring (bicyclic) bond motifs is 2. The predicted octanol–water partition coefficient (Wildman–Crippen LogP) is 5.92. The average Bonchev–Trinajstić information content (AvgIpc) is 2.64. The van der Waals surface area contributed by atoms with E-state index in [1.807, 2.05) is 0 Å². The van der Waals surface area contributed by atoms with Gasteiger partial charge in [-0.2, -0.15) is 4.39 Å². The molecule has 0 spiro atoms. The summed E-state index contributed by atoms with van der Waals surface area (Å²) in [4.78, 5) is 0. The Kier molecular flexibility index (Phi) is 3.39. The smallest absolute Gasteiger partial charge is 0.201 e. The molecule has 0 atom stereocenters. The molecule has 25 heavy (non-hydrogen) atoms. The zero-order chi connectivity index (χ0) is 17.7. The van der Waals surface area contributed by atoms with Crippen molar-refractivity contribution in [2.75, 3.05) is 0 Å². The fourth-order valence-corrected chi connectivity index (χ4v) is 3.14. The van der Waals surface area contributed by atoms with E-state index >= 15 is 0 Å². The molecular weight excluding hydrogens is 332 g/mol. The molecular formula is C20H10F4O. The molecule has 4 aromatic carbocycles. The van der Waals surface area contributed by atoms with Crippen molar-refractivity contribution in [1.29, 1.82) is 0 Å². The normalized spacial score (nSPS) is 11.4. The second-order valence-electron chi connectivity index (χ2n) is 5.66. The first-order valence-electron chi connectivity index (χ1n) is 7.46. The fraction of sp³-hybridized carbons (Fsp3) is 0. The van der Waals surface area contributed by atoms with Crippen LogP contribution in [0.3, 0.4) is 0 Å². The van der Waals surface area contributed by atoms with Gasteiger partial charge in [-0.25, -0.2) is 13.2 Å². The molecule has 0 aromatic heterocycles. The molecule has 0 aliphatic heterocycles. The van der Waals surface area contributed by atoms with Crippen molar-refractivity contribution >= 4 is 21.5 Å².